The lowest BCUT2D eigenvalue weighted by molar-refractivity contribution is -0.0413. The van der Waals surface area contributed by atoms with E-state index in [1.807, 2.05) is 0 Å². The summed E-state index contributed by atoms with van der Waals surface area (Å²) in [7, 11) is 0. The van der Waals surface area contributed by atoms with Gasteiger partial charge in [0.15, 0.2) is 0 Å². The van der Waals surface area contributed by atoms with E-state index >= 15 is 0 Å². The van der Waals surface area contributed by atoms with Crippen LogP contribution in [0.3, 0.4) is 0 Å². The molecule has 3 heterocycles. The Morgan fingerprint density at radius 2 is 2.12 bits per heavy atom. The summed E-state index contributed by atoms with van der Waals surface area (Å²) in [6.07, 6.45) is 9.13. The molecular formula is C12H17N3O. The molecular weight excluding hydrogens is 202 g/mol. The summed E-state index contributed by atoms with van der Waals surface area (Å²) < 4.78 is 0. The third-order valence-electron chi connectivity index (χ3n) is 3.98. The van der Waals surface area contributed by atoms with Crippen molar-refractivity contribution in [1.82, 2.24) is 14.9 Å². The van der Waals surface area contributed by atoms with Crippen LogP contribution in [0.25, 0.3) is 0 Å². The molecule has 2 saturated heterocycles. The molecule has 0 aliphatic carbocycles. The Kier molecular flexibility index (Phi) is 2.41. The highest BCUT2D eigenvalue weighted by Crippen LogP contribution is 2.38. The van der Waals surface area contributed by atoms with Crippen LogP contribution >= 0.6 is 0 Å². The zero-order chi connectivity index (χ0) is 11.0. The zero-order valence-electron chi connectivity index (χ0n) is 9.34. The maximum atomic E-state index is 10.7. The van der Waals surface area contributed by atoms with Crippen molar-refractivity contribution in [2.45, 2.75) is 37.3 Å². The Morgan fingerprint density at radius 1 is 1.31 bits per heavy atom. The van der Waals surface area contributed by atoms with Gasteiger partial charge in [-0.15, -0.1) is 0 Å². The average Bonchev–Trinajstić information content (AvgIpc) is 2.77. The number of hydrogen-bond donors (Lipinski definition) is 1. The van der Waals surface area contributed by atoms with Gasteiger partial charge in [-0.3, -0.25) is 0 Å². The van der Waals surface area contributed by atoms with Crippen LogP contribution in [0.2, 0.25) is 0 Å². The van der Waals surface area contributed by atoms with E-state index in [0.29, 0.717) is 6.04 Å². The highest BCUT2D eigenvalue weighted by molar-refractivity contribution is 5.16. The van der Waals surface area contributed by atoms with Crippen molar-refractivity contribution in [2.24, 2.45) is 0 Å². The van der Waals surface area contributed by atoms with E-state index in [1.165, 1.54) is 25.7 Å². The van der Waals surface area contributed by atoms with E-state index in [9.17, 15) is 5.11 Å². The third-order valence-corrected chi connectivity index (χ3v) is 3.98. The van der Waals surface area contributed by atoms with Crippen molar-refractivity contribution >= 4 is 0 Å². The lowest BCUT2D eigenvalue weighted by Crippen LogP contribution is -2.46. The van der Waals surface area contributed by atoms with Gasteiger partial charge in [-0.2, -0.15) is 0 Å². The van der Waals surface area contributed by atoms with Gasteiger partial charge < -0.3 is 10.0 Å². The lowest BCUT2D eigenvalue weighted by atomic mass is 9.82. The number of piperidine rings is 1. The highest BCUT2D eigenvalue weighted by Gasteiger charge is 2.41. The lowest BCUT2D eigenvalue weighted by Gasteiger charge is -2.40. The molecule has 2 fully saturated rings. The third kappa shape index (κ3) is 1.62. The molecule has 2 unspecified atom stereocenters. The first-order valence-corrected chi connectivity index (χ1v) is 6.00. The predicted molar refractivity (Wildman–Crippen MR) is 59.8 cm³/mol. The Balaban J connectivity index is 1.84. The maximum Gasteiger partial charge on any atom is 0.115 e. The van der Waals surface area contributed by atoms with Crippen LogP contribution in [-0.2, 0) is 5.60 Å². The Labute approximate surface area is 95.3 Å². The minimum absolute atomic E-state index is 0.555. The Hall–Kier alpha value is -1.00. The van der Waals surface area contributed by atoms with Gasteiger partial charge in [-0.1, -0.05) is 0 Å². The van der Waals surface area contributed by atoms with Gasteiger partial charge in [0.2, 0.25) is 0 Å². The molecule has 0 saturated carbocycles. The molecule has 2 aliphatic heterocycles. The number of aliphatic hydroxyl groups is 1. The van der Waals surface area contributed by atoms with E-state index in [2.05, 4.69) is 14.9 Å². The van der Waals surface area contributed by atoms with Crippen LogP contribution in [0.5, 0.6) is 0 Å². The fourth-order valence-corrected chi connectivity index (χ4v) is 3.04. The second kappa shape index (κ2) is 3.79. The molecule has 1 N–H and O–H groups in total. The number of fused-ring (bicyclic) bond motifs is 1. The van der Waals surface area contributed by atoms with Crippen LogP contribution in [0.4, 0.5) is 0 Å². The van der Waals surface area contributed by atoms with Gasteiger partial charge in [0.05, 0.1) is 5.60 Å². The van der Waals surface area contributed by atoms with Gasteiger partial charge in [0.1, 0.15) is 6.33 Å². The van der Waals surface area contributed by atoms with Crippen molar-refractivity contribution in [3.05, 3.63) is 24.3 Å². The molecule has 0 radical (unpaired) electrons. The molecule has 0 amide bonds. The number of hydrogen-bond acceptors (Lipinski definition) is 4. The summed E-state index contributed by atoms with van der Waals surface area (Å²) in [6.45, 7) is 2.20. The van der Waals surface area contributed by atoms with E-state index in [0.717, 1.165) is 24.9 Å². The smallest absolute Gasteiger partial charge is 0.115 e. The summed E-state index contributed by atoms with van der Waals surface area (Å²) in [5, 5.41) is 10.7. The number of rotatable bonds is 1. The molecule has 1 aromatic rings. The first-order chi connectivity index (χ1) is 7.78. The molecule has 0 spiro atoms. The van der Waals surface area contributed by atoms with Gasteiger partial charge >= 0.3 is 0 Å². The van der Waals surface area contributed by atoms with E-state index in [-0.39, 0.29) is 0 Å². The summed E-state index contributed by atoms with van der Waals surface area (Å²) >= 11 is 0. The minimum Gasteiger partial charge on any atom is -0.385 e. The first kappa shape index (κ1) is 10.2. The molecule has 1 aromatic heterocycles. The molecule has 16 heavy (non-hydrogen) atoms. The topological polar surface area (TPSA) is 49.3 Å². The van der Waals surface area contributed by atoms with Crippen molar-refractivity contribution in [2.75, 3.05) is 13.1 Å². The molecule has 0 bridgehead atoms. The van der Waals surface area contributed by atoms with E-state index in [4.69, 9.17) is 0 Å². The van der Waals surface area contributed by atoms with Gasteiger partial charge in [0.25, 0.3) is 0 Å². The molecule has 0 aromatic carbocycles. The SMILES string of the molecule is OC1(c2cncnc2)CCN2CCCC2C1. The van der Waals surface area contributed by atoms with Crippen molar-refractivity contribution < 1.29 is 5.11 Å². The van der Waals surface area contributed by atoms with E-state index in [1.54, 1.807) is 12.4 Å². The summed E-state index contributed by atoms with van der Waals surface area (Å²) in [5.74, 6) is 0. The predicted octanol–water partition coefficient (Wildman–Crippen LogP) is 0.922. The molecule has 4 heteroatoms. The van der Waals surface area contributed by atoms with Crippen LogP contribution in [0, 0.1) is 0 Å². The van der Waals surface area contributed by atoms with Crippen LogP contribution in [-0.4, -0.2) is 39.1 Å². The second-order valence-electron chi connectivity index (χ2n) is 4.94. The molecule has 2 aliphatic rings. The number of aromatic nitrogens is 2. The normalized spacial score (nSPS) is 34.9. The van der Waals surface area contributed by atoms with Crippen molar-refractivity contribution in [3.8, 4) is 0 Å². The Bertz CT molecular complexity index is 370. The maximum absolute atomic E-state index is 10.7. The Morgan fingerprint density at radius 3 is 2.94 bits per heavy atom. The van der Waals surface area contributed by atoms with Gasteiger partial charge in [-0.05, 0) is 32.2 Å². The van der Waals surface area contributed by atoms with Crippen molar-refractivity contribution in [1.29, 1.82) is 0 Å². The first-order valence-electron chi connectivity index (χ1n) is 6.00. The monoisotopic (exact) mass is 219 g/mol. The minimum atomic E-state index is -0.702. The summed E-state index contributed by atoms with van der Waals surface area (Å²) in [4.78, 5) is 10.5. The average molecular weight is 219 g/mol. The van der Waals surface area contributed by atoms with E-state index < -0.39 is 5.60 Å². The molecule has 4 nitrogen and oxygen atoms in total. The molecule has 3 rings (SSSR count). The quantitative estimate of drug-likeness (QED) is 0.763. The van der Waals surface area contributed by atoms with Gasteiger partial charge in [0, 0.05) is 30.5 Å². The fraction of sp³-hybridized carbons (Fsp3) is 0.667. The zero-order valence-corrected chi connectivity index (χ0v) is 9.34. The largest absolute Gasteiger partial charge is 0.385 e. The van der Waals surface area contributed by atoms with Crippen LogP contribution in [0.15, 0.2) is 18.7 Å². The summed E-state index contributed by atoms with van der Waals surface area (Å²) in [6, 6.07) is 0.555. The van der Waals surface area contributed by atoms with Crippen LogP contribution in [0.1, 0.15) is 31.2 Å². The standard InChI is InChI=1S/C12H17N3O/c16-12(10-7-13-9-14-8-10)3-5-15-4-1-2-11(15)6-12/h7-9,11,16H,1-6H2. The molecule has 2 atom stereocenters. The highest BCUT2D eigenvalue weighted by atomic mass is 16.3. The van der Waals surface area contributed by atoms with Crippen LogP contribution < -0.4 is 0 Å². The van der Waals surface area contributed by atoms with Gasteiger partial charge in [-0.25, -0.2) is 9.97 Å². The van der Waals surface area contributed by atoms with Crippen molar-refractivity contribution in [3.63, 3.8) is 0 Å². The summed E-state index contributed by atoms with van der Waals surface area (Å²) in [5.41, 5.74) is 0.175. The fourth-order valence-electron chi connectivity index (χ4n) is 3.04. The molecule has 86 valence electrons. The number of nitrogens with zero attached hydrogens (tertiary/aromatic N) is 3. The second-order valence-corrected chi connectivity index (χ2v) is 4.94.